The quantitative estimate of drug-likeness (QED) is 0.284. The summed E-state index contributed by atoms with van der Waals surface area (Å²) in [6, 6.07) is 7.50. The van der Waals surface area contributed by atoms with Crippen molar-refractivity contribution in [3.05, 3.63) is 65.8 Å². The van der Waals surface area contributed by atoms with E-state index in [1.165, 1.54) is 19.2 Å². The summed E-state index contributed by atoms with van der Waals surface area (Å²) in [5, 5.41) is 2.54. The molecule has 31 heavy (non-hydrogen) atoms. The average molecular weight is 426 g/mol. The summed E-state index contributed by atoms with van der Waals surface area (Å²) in [5.74, 6) is 0.153. The Morgan fingerprint density at radius 2 is 2.00 bits per heavy atom. The summed E-state index contributed by atoms with van der Waals surface area (Å²) in [4.78, 5) is 37.5. The van der Waals surface area contributed by atoms with Gasteiger partial charge in [0.1, 0.15) is 18.1 Å². The Kier molecular flexibility index (Phi) is 6.76. The van der Waals surface area contributed by atoms with Crippen molar-refractivity contribution < 1.29 is 33.0 Å². The van der Waals surface area contributed by atoms with E-state index in [4.69, 9.17) is 13.9 Å². The number of ether oxygens (including phenoxy) is 3. The lowest BCUT2D eigenvalue weighted by Crippen LogP contribution is -2.30. The molecule has 0 radical (unpaired) electrons. The first kappa shape index (κ1) is 21.7. The molecular weight excluding hydrogens is 404 g/mol. The number of carbonyl (C=O) groups excluding carboxylic acids is 3. The molecule has 1 aliphatic rings. The van der Waals surface area contributed by atoms with Gasteiger partial charge in [0.15, 0.2) is 11.5 Å². The number of benzene rings is 1. The lowest BCUT2D eigenvalue weighted by atomic mass is 10.1. The second-order valence-corrected chi connectivity index (χ2v) is 6.38. The van der Waals surface area contributed by atoms with Crippen LogP contribution in [0.2, 0.25) is 0 Å². The van der Waals surface area contributed by atoms with Crippen molar-refractivity contribution in [2.45, 2.75) is 13.5 Å². The van der Waals surface area contributed by atoms with Crippen molar-refractivity contribution in [1.82, 2.24) is 10.2 Å². The predicted octanol–water partition coefficient (Wildman–Crippen LogP) is 3.12. The number of esters is 1. The van der Waals surface area contributed by atoms with Crippen molar-refractivity contribution in [2.24, 2.45) is 0 Å². The molecular formula is C22H22N2O7. The molecule has 1 saturated heterocycles. The Bertz CT molecular complexity index is 1040. The van der Waals surface area contributed by atoms with Crippen molar-refractivity contribution in [3.63, 3.8) is 0 Å². The van der Waals surface area contributed by atoms with Crippen LogP contribution in [0.3, 0.4) is 0 Å². The second kappa shape index (κ2) is 9.66. The maximum atomic E-state index is 12.7. The molecule has 1 aromatic heterocycles. The maximum Gasteiger partial charge on any atom is 0.373 e. The number of methoxy groups -OCH3 is 1. The van der Waals surface area contributed by atoms with E-state index in [2.05, 4.69) is 16.6 Å². The van der Waals surface area contributed by atoms with E-state index in [1.807, 2.05) is 6.92 Å². The highest BCUT2D eigenvalue weighted by Crippen LogP contribution is 2.30. The standard InChI is InChI=1S/C22H22N2O7/c1-4-10-30-17-8-6-14(12-19(17)29-5-2)11-16-20(25)24(22(27)23-16)13-15-7-9-18(31-15)21(26)28-3/h4,6-9,11-12H,1,5,10,13H2,2-3H3,(H,23,27)/b16-11-. The van der Waals surface area contributed by atoms with Crippen molar-refractivity contribution in [3.8, 4) is 11.5 Å². The molecule has 1 aromatic carbocycles. The topological polar surface area (TPSA) is 107 Å². The zero-order valence-electron chi connectivity index (χ0n) is 17.2. The third-order valence-electron chi connectivity index (χ3n) is 4.26. The summed E-state index contributed by atoms with van der Waals surface area (Å²) in [5.41, 5.74) is 0.748. The lowest BCUT2D eigenvalue weighted by molar-refractivity contribution is -0.123. The first-order valence-electron chi connectivity index (χ1n) is 9.49. The molecule has 0 unspecified atom stereocenters. The van der Waals surface area contributed by atoms with Crippen LogP contribution in [0.15, 0.2) is 53.1 Å². The van der Waals surface area contributed by atoms with Gasteiger partial charge in [0.2, 0.25) is 5.76 Å². The predicted molar refractivity (Wildman–Crippen MR) is 110 cm³/mol. The van der Waals surface area contributed by atoms with Gasteiger partial charge >= 0.3 is 12.0 Å². The van der Waals surface area contributed by atoms with E-state index in [1.54, 1.807) is 30.4 Å². The molecule has 0 saturated carbocycles. The summed E-state index contributed by atoms with van der Waals surface area (Å²) < 4.78 is 21.1. The van der Waals surface area contributed by atoms with Crippen LogP contribution >= 0.6 is 0 Å². The molecule has 1 fully saturated rings. The monoisotopic (exact) mass is 426 g/mol. The minimum atomic E-state index is -0.644. The maximum absolute atomic E-state index is 12.7. The fourth-order valence-corrected chi connectivity index (χ4v) is 2.86. The van der Waals surface area contributed by atoms with Crippen LogP contribution in [0.25, 0.3) is 6.08 Å². The van der Waals surface area contributed by atoms with Crippen LogP contribution in [-0.2, 0) is 16.1 Å². The Morgan fingerprint density at radius 3 is 2.71 bits per heavy atom. The van der Waals surface area contributed by atoms with Crippen LogP contribution in [0.4, 0.5) is 4.79 Å². The van der Waals surface area contributed by atoms with Crippen molar-refractivity contribution in [1.29, 1.82) is 0 Å². The highest BCUT2D eigenvalue weighted by molar-refractivity contribution is 6.13. The highest BCUT2D eigenvalue weighted by Gasteiger charge is 2.34. The van der Waals surface area contributed by atoms with Crippen LogP contribution in [-0.4, -0.2) is 43.1 Å². The molecule has 3 amide bonds. The van der Waals surface area contributed by atoms with E-state index in [0.29, 0.717) is 30.3 Å². The number of urea groups is 1. The number of nitrogens with zero attached hydrogens (tertiary/aromatic N) is 1. The molecule has 0 spiro atoms. The minimum absolute atomic E-state index is 0.0115. The molecule has 2 heterocycles. The smallest absolute Gasteiger partial charge is 0.373 e. The number of hydrogen-bond acceptors (Lipinski definition) is 7. The zero-order chi connectivity index (χ0) is 22.4. The van der Waals surface area contributed by atoms with Crippen molar-refractivity contribution >= 4 is 24.0 Å². The van der Waals surface area contributed by atoms with E-state index < -0.39 is 17.9 Å². The largest absolute Gasteiger partial charge is 0.490 e. The molecule has 1 aliphatic heterocycles. The molecule has 9 heteroatoms. The van der Waals surface area contributed by atoms with Gasteiger partial charge in [-0.05, 0) is 42.8 Å². The van der Waals surface area contributed by atoms with Gasteiger partial charge < -0.3 is 23.9 Å². The third kappa shape index (κ3) is 4.95. The Labute approximate surface area is 178 Å². The molecule has 3 rings (SSSR count). The number of amides is 3. The fraction of sp³-hybridized carbons (Fsp3) is 0.227. The number of carbonyl (C=O) groups is 3. The number of nitrogens with one attached hydrogen (secondary N) is 1. The Hall–Kier alpha value is -4.01. The number of rotatable bonds is 9. The van der Waals surface area contributed by atoms with Gasteiger partial charge in [0, 0.05) is 0 Å². The van der Waals surface area contributed by atoms with Gasteiger partial charge in [-0.15, -0.1) is 0 Å². The number of hydrogen-bond donors (Lipinski definition) is 1. The molecule has 0 atom stereocenters. The van der Waals surface area contributed by atoms with Gasteiger partial charge in [-0.2, -0.15) is 0 Å². The average Bonchev–Trinajstić information content (AvgIpc) is 3.33. The van der Waals surface area contributed by atoms with Crippen molar-refractivity contribution in [2.75, 3.05) is 20.3 Å². The lowest BCUT2D eigenvalue weighted by Gasteiger charge is -2.11. The molecule has 0 bridgehead atoms. The highest BCUT2D eigenvalue weighted by atomic mass is 16.5. The van der Waals surface area contributed by atoms with Gasteiger partial charge in [-0.3, -0.25) is 9.69 Å². The molecule has 9 nitrogen and oxygen atoms in total. The molecule has 1 N–H and O–H groups in total. The fourth-order valence-electron chi connectivity index (χ4n) is 2.86. The molecule has 162 valence electrons. The van der Waals surface area contributed by atoms with Crippen LogP contribution in [0.5, 0.6) is 11.5 Å². The van der Waals surface area contributed by atoms with Gasteiger partial charge in [-0.1, -0.05) is 18.7 Å². The summed E-state index contributed by atoms with van der Waals surface area (Å²) in [6.07, 6.45) is 3.17. The van der Waals surface area contributed by atoms with E-state index in [-0.39, 0.29) is 23.8 Å². The molecule has 0 aliphatic carbocycles. The second-order valence-electron chi connectivity index (χ2n) is 6.38. The summed E-state index contributed by atoms with van der Waals surface area (Å²) in [6.45, 7) is 6.10. The molecule has 2 aromatic rings. The van der Waals surface area contributed by atoms with Gasteiger partial charge in [-0.25, -0.2) is 9.59 Å². The van der Waals surface area contributed by atoms with E-state index in [9.17, 15) is 14.4 Å². The third-order valence-corrected chi connectivity index (χ3v) is 4.26. The SMILES string of the molecule is C=CCOc1ccc(/C=C2\NC(=O)N(Cc3ccc(C(=O)OC)o3)C2=O)cc1OCC. The zero-order valence-corrected chi connectivity index (χ0v) is 17.2. The first-order valence-corrected chi connectivity index (χ1v) is 9.49. The van der Waals surface area contributed by atoms with Crippen LogP contribution < -0.4 is 14.8 Å². The Morgan fingerprint density at radius 1 is 1.19 bits per heavy atom. The normalized spacial score (nSPS) is 14.5. The van der Waals surface area contributed by atoms with Gasteiger partial charge in [0.25, 0.3) is 5.91 Å². The summed E-state index contributed by atoms with van der Waals surface area (Å²) in [7, 11) is 1.23. The number of imide groups is 1. The number of furan rings is 1. The van der Waals surface area contributed by atoms with Crippen LogP contribution in [0.1, 0.15) is 28.8 Å². The van der Waals surface area contributed by atoms with Crippen LogP contribution in [0, 0.1) is 0 Å². The van der Waals surface area contributed by atoms with E-state index >= 15 is 0 Å². The summed E-state index contributed by atoms with van der Waals surface area (Å²) >= 11 is 0. The van der Waals surface area contributed by atoms with Gasteiger partial charge in [0.05, 0.1) is 20.3 Å². The first-order chi connectivity index (χ1) is 15.0. The minimum Gasteiger partial charge on any atom is -0.490 e. The van der Waals surface area contributed by atoms with E-state index in [0.717, 1.165) is 4.90 Å². The Balaban J connectivity index is 1.78.